The summed E-state index contributed by atoms with van der Waals surface area (Å²) in [5.41, 5.74) is 1.46. The van der Waals surface area contributed by atoms with E-state index in [2.05, 4.69) is 25.6 Å². The highest BCUT2D eigenvalue weighted by molar-refractivity contribution is 6.04. The molecule has 0 bridgehead atoms. The number of ether oxygens (including phenoxy) is 1. The molecule has 9 nitrogen and oxygen atoms in total. The van der Waals surface area contributed by atoms with Gasteiger partial charge in [0, 0.05) is 25.2 Å². The summed E-state index contributed by atoms with van der Waals surface area (Å²) in [5.74, 6) is -0.347. The third kappa shape index (κ3) is 4.49. The Labute approximate surface area is 195 Å². The number of hydrogen-bond donors (Lipinski definition) is 2. The Kier molecular flexibility index (Phi) is 6.22. The number of halogens is 1. The number of anilines is 1. The van der Waals surface area contributed by atoms with Gasteiger partial charge in [0.25, 0.3) is 5.91 Å². The van der Waals surface area contributed by atoms with Crippen LogP contribution in [0.15, 0.2) is 53.5 Å². The molecule has 0 aliphatic heterocycles. The zero-order valence-corrected chi connectivity index (χ0v) is 18.7. The molecule has 1 fully saturated rings. The van der Waals surface area contributed by atoms with Gasteiger partial charge in [-0.05, 0) is 56.9 Å². The molecule has 1 saturated carbocycles. The minimum atomic E-state index is -0.511. The van der Waals surface area contributed by atoms with Crippen LogP contribution in [0, 0.1) is 5.82 Å². The van der Waals surface area contributed by atoms with Gasteiger partial charge in [0.15, 0.2) is 11.6 Å². The summed E-state index contributed by atoms with van der Waals surface area (Å²) in [6.07, 6.45) is 10.4. The highest BCUT2D eigenvalue weighted by Crippen LogP contribution is 2.34. The summed E-state index contributed by atoms with van der Waals surface area (Å²) in [6.45, 7) is 2.70. The van der Waals surface area contributed by atoms with E-state index in [0.29, 0.717) is 18.1 Å². The maximum Gasteiger partial charge on any atom is 0.291 e. The van der Waals surface area contributed by atoms with Crippen molar-refractivity contribution in [1.82, 2.24) is 25.0 Å². The fraction of sp³-hybridized carbons (Fsp3) is 0.333. The molecule has 0 saturated heterocycles. The molecule has 1 aliphatic carbocycles. The van der Waals surface area contributed by atoms with Crippen molar-refractivity contribution in [2.75, 3.05) is 11.9 Å². The molecule has 4 aromatic heterocycles. The Bertz CT molecular complexity index is 1260. The molecule has 10 heteroatoms. The molecule has 0 radical (unpaired) electrons. The number of pyridine rings is 1. The third-order valence-corrected chi connectivity index (χ3v) is 6.00. The highest BCUT2D eigenvalue weighted by atomic mass is 19.1. The van der Waals surface area contributed by atoms with E-state index in [4.69, 9.17) is 9.15 Å². The molecule has 5 rings (SSSR count). The van der Waals surface area contributed by atoms with Crippen molar-refractivity contribution in [2.24, 2.45) is 0 Å². The number of hydrogen-bond acceptors (Lipinski definition) is 6. The normalized spacial score (nSPS) is 18.2. The first-order valence-corrected chi connectivity index (χ1v) is 11.3. The van der Waals surface area contributed by atoms with Crippen molar-refractivity contribution in [2.45, 2.75) is 44.8 Å². The van der Waals surface area contributed by atoms with Gasteiger partial charge in [0.1, 0.15) is 17.1 Å². The van der Waals surface area contributed by atoms with E-state index in [9.17, 15) is 9.18 Å². The predicted octanol–water partition coefficient (Wildman–Crippen LogP) is 4.84. The first-order chi connectivity index (χ1) is 16.6. The average molecular weight is 465 g/mol. The van der Waals surface area contributed by atoms with Crippen LogP contribution >= 0.6 is 0 Å². The van der Waals surface area contributed by atoms with Crippen LogP contribution in [0.1, 0.15) is 49.2 Å². The topological polar surface area (TPSA) is 111 Å². The first kappa shape index (κ1) is 22.0. The third-order valence-electron chi connectivity index (χ3n) is 6.00. The lowest BCUT2D eigenvalue weighted by Gasteiger charge is -2.28. The van der Waals surface area contributed by atoms with Gasteiger partial charge in [-0.1, -0.05) is 0 Å². The minimum absolute atomic E-state index is 0.0816. The van der Waals surface area contributed by atoms with Crippen LogP contribution in [0.3, 0.4) is 0 Å². The fourth-order valence-corrected chi connectivity index (χ4v) is 4.30. The molecule has 4 aromatic rings. The monoisotopic (exact) mass is 464 g/mol. The van der Waals surface area contributed by atoms with Gasteiger partial charge < -0.3 is 14.5 Å². The highest BCUT2D eigenvalue weighted by Gasteiger charge is 2.26. The van der Waals surface area contributed by atoms with E-state index in [1.54, 1.807) is 35.4 Å². The van der Waals surface area contributed by atoms with Crippen molar-refractivity contribution in [3.63, 3.8) is 0 Å². The Hall–Kier alpha value is -3.79. The number of rotatable bonds is 7. The Morgan fingerprint density at radius 3 is 2.85 bits per heavy atom. The molecule has 34 heavy (non-hydrogen) atoms. The van der Waals surface area contributed by atoms with E-state index in [1.165, 1.54) is 18.3 Å². The number of amides is 1. The number of aromatic nitrogens is 5. The quantitative estimate of drug-likeness (QED) is 0.405. The Morgan fingerprint density at radius 1 is 1.26 bits per heavy atom. The lowest BCUT2D eigenvalue weighted by Crippen LogP contribution is -2.24. The number of nitrogens with zero attached hydrogens (tertiary/aromatic N) is 4. The number of furan rings is 1. The SMILES string of the molecule is CCOC1CCC(n2cc(NC(=O)c3ccc(-c4cn[nH]c4)o3)c(-c3ncccc3F)n2)CC1. The summed E-state index contributed by atoms with van der Waals surface area (Å²) < 4.78 is 27.8. The Balaban J connectivity index is 1.41. The number of carbonyl (C=O) groups excluding carboxylic acids is 1. The van der Waals surface area contributed by atoms with Crippen LogP contribution < -0.4 is 5.32 Å². The van der Waals surface area contributed by atoms with Crippen molar-refractivity contribution in [1.29, 1.82) is 0 Å². The molecule has 1 amide bonds. The lowest BCUT2D eigenvalue weighted by atomic mass is 9.93. The summed E-state index contributed by atoms with van der Waals surface area (Å²) in [6, 6.07) is 6.24. The second kappa shape index (κ2) is 9.60. The molecule has 176 valence electrons. The van der Waals surface area contributed by atoms with Crippen molar-refractivity contribution < 1.29 is 18.3 Å². The maximum absolute atomic E-state index is 14.6. The summed E-state index contributed by atoms with van der Waals surface area (Å²) in [4.78, 5) is 17.1. The molecule has 0 spiro atoms. The minimum Gasteiger partial charge on any atom is -0.451 e. The maximum atomic E-state index is 14.6. The number of nitrogens with one attached hydrogen (secondary N) is 2. The molecular formula is C24H25FN6O3. The van der Waals surface area contributed by atoms with E-state index >= 15 is 0 Å². The number of H-pyrrole nitrogens is 1. The number of carbonyl (C=O) groups is 1. The van der Waals surface area contributed by atoms with Gasteiger partial charge in [-0.3, -0.25) is 19.6 Å². The standard InChI is InChI=1S/C24H25FN6O3/c1-2-33-17-7-5-16(6-8-17)31-14-19(23(30-31)22-18(25)4-3-11-26-22)29-24(32)21-10-9-20(34-21)15-12-27-28-13-15/h3-4,9-14,16-17H,2,5-8H2,1H3,(H,27,28)(H,29,32). The van der Waals surface area contributed by atoms with Gasteiger partial charge >= 0.3 is 0 Å². The lowest BCUT2D eigenvalue weighted by molar-refractivity contribution is 0.0260. The van der Waals surface area contributed by atoms with Crippen LogP contribution in [0.25, 0.3) is 22.7 Å². The Morgan fingerprint density at radius 2 is 2.12 bits per heavy atom. The summed E-state index contributed by atoms with van der Waals surface area (Å²) >= 11 is 0. The predicted molar refractivity (Wildman–Crippen MR) is 123 cm³/mol. The largest absolute Gasteiger partial charge is 0.451 e. The molecular weight excluding hydrogens is 439 g/mol. The van der Waals surface area contributed by atoms with Crippen LogP contribution in [0.2, 0.25) is 0 Å². The molecule has 0 atom stereocenters. The van der Waals surface area contributed by atoms with Crippen molar-refractivity contribution >= 4 is 11.6 Å². The molecule has 2 N–H and O–H groups in total. The van der Waals surface area contributed by atoms with Gasteiger partial charge in [-0.25, -0.2) is 4.39 Å². The van der Waals surface area contributed by atoms with E-state index in [-0.39, 0.29) is 29.3 Å². The zero-order chi connectivity index (χ0) is 23.5. The summed E-state index contributed by atoms with van der Waals surface area (Å²) in [7, 11) is 0. The van der Waals surface area contributed by atoms with Crippen LogP contribution in [-0.2, 0) is 4.74 Å². The smallest absolute Gasteiger partial charge is 0.291 e. The molecule has 1 aliphatic rings. The molecule has 0 aromatic carbocycles. The van der Waals surface area contributed by atoms with Gasteiger partial charge in [0.05, 0.1) is 29.6 Å². The fourth-order valence-electron chi connectivity index (χ4n) is 4.30. The first-order valence-electron chi connectivity index (χ1n) is 11.3. The van der Waals surface area contributed by atoms with E-state index in [1.807, 2.05) is 6.92 Å². The average Bonchev–Trinajstić information content (AvgIpc) is 3.61. The van der Waals surface area contributed by atoms with Crippen molar-refractivity contribution in [3.8, 4) is 22.7 Å². The van der Waals surface area contributed by atoms with Crippen LogP contribution in [0.5, 0.6) is 0 Å². The van der Waals surface area contributed by atoms with Crippen molar-refractivity contribution in [3.05, 3.63) is 60.6 Å². The van der Waals surface area contributed by atoms with Gasteiger partial charge in [0.2, 0.25) is 0 Å². The second-order valence-electron chi connectivity index (χ2n) is 8.20. The van der Waals surface area contributed by atoms with Gasteiger partial charge in [-0.2, -0.15) is 10.2 Å². The van der Waals surface area contributed by atoms with E-state index in [0.717, 1.165) is 31.2 Å². The second-order valence-corrected chi connectivity index (χ2v) is 8.20. The van der Waals surface area contributed by atoms with Crippen LogP contribution in [0.4, 0.5) is 10.1 Å². The van der Waals surface area contributed by atoms with E-state index < -0.39 is 11.7 Å². The van der Waals surface area contributed by atoms with Gasteiger partial charge in [-0.15, -0.1) is 0 Å². The van der Waals surface area contributed by atoms with Crippen LogP contribution in [-0.4, -0.2) is 43.6 Å². The number of aromatic amines is 1. The summed E-state index contributed by atoms with van der Waals surface area (Å²) in [5, 5.41) is 14.1. The molecule has 4 heterocycles. The zero-order valence-electron chi connectivity index (χ0n) is 18.7. The molecule has 0 unspecified atom stereocenters.